The van der Waals surface area contributed by atoms with Crippen LogP contribution in [-0.2, 0) is 0 Å². The van der Waals surface area contributed by atoms with Crippen molar-refractivity contribution in [3.8, 4) is 0 Å². The van der Waals surface area contributed by atoms with Gasteiger partial charge < -0.3 is 5.11 Å². The van der Waals surface area contributed by atoms with Gasteiger partial charge in [-0.1, -0.05) is 20.8 Å². The first-order valence-electron chi connectivity index (χ1n) is 5.26. The number of hydrogen-bond acceptors (Lipinski definition) is 1. The molecule has 1 nitrogen and oxygen atoms in total. The van der Waals surface area contributed by atoms with Crippen molar-refractivity contribution in [1.29, 1.82) is 0 Å². The fourth-order valence-electron chi connectivity index (χ4n) is 3.84. The maximum absolute atomic E-state index is 13.1. The van der Waals surface area contributed by atoms with Gasteiger partial charge in [-0.25, -0.2) is 8.78 Å². The van der Waals surface area contributed by atoms with Gasteiger partial charge in [0.05, 0.1) is 0 Å². The second-order valence-electron chi connectivity index (χ2n) is 5.79. The molecule has 0 aromatic carbocycles. The van der Waals surface area contributed by atoms with Gasteiger partial charge in [-0.05, 0) is 25.2 Å². The Labute approximate surface area is 83.5 Å². The number of fused-ring (bicyclic) bond motifs is 2. The van der Waals surface area contributed by atoms with Crippen LogP contribution >= 0.6 is 0 Å². The SMILES string of the molecule is CC12CCC(C1)C(C)(C)C2(O)C(F)F. The molecule has 0 heterocycles. The van der Waals surface area contributed by atoms with Crippen LogP contribution in [0, 0.1) is 16.7 Å². The van der Waals surface area contributed by atoms with E-state index in [1.807, 2.05) is 6.92 Å². The summed E-state index contributed by atoms with van der Waals surface area (Å²) >= 11 is 0. The van der Waals surface area contributed by atoms with E-state index in [1.165, 1.54) is 0 Å². The highest BCUT2D eigenvalue weighted by atomic mass is 19.3. The summed E-state index contributed by atoms with van der Waals surface area (Å²) in [5.74, 6) is 0.256. The van der Waals surface area contributed by atoms with E-state index >= 15 is 0 Å². The molecule has 0 saturated heterocycles. The van der Waals surface area contributed by atoms with Crippen LogP contribution in [0.1, 0.15) is 40.0 Å². The minimum absolute atomic E-state index is 0.256. The van der Waals surface area contributed by atoms with Crippen molar-refractivity contribution in [2.24, 2.45) is 16.7 Å². The Balaban J connectivity index is 2.49. The van der Waals surface area contributed by atoms with E-state index < -0.39 is 22.9 Å². The molecule has 0 radical (unpaired) electrons. The quantitative estimate of drug-likeness (QED) is 0.696. The largest absolute Gasteiger partial charge is 0.383 e. The molecule has 3 unspecified atom stereocenters. The molecule has 2 saturated carbocycles. The van der Waals surface area contributed by atoms with Crippen LogP contribution in [0.5, 0.6) is 0 Å². The molecule has 0 amide bonds. The topological polar surface area (TPSA) is 20.2 Å². The standard InChI is InChI=1S/C11H18F2O/c1-9(2)7-4-5-10(3,6-7)11(9,14)8(12)13/h7-8,14H,4-6H2,1-3H3. The molecule has 1 N–H and O–H groups in total. The summed E-state index contributed by atoms with van der Waals surface area (Å²) in [6.07, 6.45) is -0.158. The lowest BCUT2D eigenvalue weighted by Gasteiger charge is -2.49. The Hall–Kier alpha value is -0.180. The molecular formula is C11H18F2O. The van der Waals surface area contributed by atoms with E-state index in [9.17, 15) is 13.9 Å². The molecule has 0 spiro atoms. The van der Waals surface area contributed by atoms with Crippen LogP contribution in [0.3, 0.4) is 0 Å². The van der Waals surface area contributed by atoms with Crippen LogP contribution in [0.2, 0.25) is 0 Å². The highest BCUT2D eigenvalue weighted by Gasteiger charge is 2.72. The molecule has 82 valence electrons. The minimum atomic E-state index is -2.63. The number of halogens is 2. The molecule has 2 aliphatic rings. The smallest absolute Gasteiger partial charge is 0.267 e. The zero-order valence-corrected chi connectivity index (χ0v) is 8.98. The lowest BCUT2D eigenvalue weighted by atomic mass is 9.60. The van der Waals surface area contributed by atoms with Gasteiger partial charge >= 0.3 is 0 Å². The summed E-state index contributed by atoms with van der Waals surface area (Å²) in [6, 6.07) is 0. The Morgan fingerprint density at radius 2 is 1.86 bits per heavy atom. The highest BCUT2D eigenvalue weighted by Crippen LogP contribution is 2.69. The third kappa shape index (κ3) is 0.830. The maximum Gasteiger partial charge on any atom is 0.267 e. The molecule has 2 fully saturated rings. The molecule has 0 aromatic rings. The fourth-order valence-corrected chi connectivity index (χ4v) is 3.84. The number of alkyl halides is 2. The monoisotopic (exact) mass is 204 g/mol. The number of rotatable bonds is 1. The maximum atomic E-state index is 13.1. The van der Waals surface area contributed by atoms with Gasteiger partial charge in [0.1, 0.15) is 5.60 Å². The normalized spacial score (nSPS) is 50.4. The fraction of sp³-hybridized carbons (Fsp3) is 1.00. The van der Waals surface area contributed by atoms with Gasteiger partial charge in [-0.3, -0.25) is 0 Å². The highest BCUT2D eigenvalue weighted by molar-refractivity contribution is 5.19. The summed E-state index contributed by atoms with van der Waals surface area (Å²) < 4.78 is 26.1. The predicted molar refractivity (Wildman–Crippen MR) is 50.2 cm³/mol. The van der Waals surface area contributed by atoms with Crippen LogP contribution in [0.4, 0.5) is 8.78 Å². The molecule has 0 aromatic heterocycles. The van der Waals surface area contributed by atoms with Crippen LogP contribution < -0.4 is 0 Å². The van der Waals surface area contributed by atoms with Gasteiger partial charge in [-0.2, -0.15) is 0 Å². The van der Waals surface area contributed by atoms with Crippen molar-refractivity contribution in [2.45, 2.75) is 52.1 Å². The Kier molecular flexibility index (Phi) is 1.84. The summed E-state index contributed by atoms with van der Waals surface area (Å²) in [5.41, 5.74) is -3.01. The zero-order valence-electron chi connectivity index (χ0n) is 8.98. The minimum Gasteiger partial charge on any atom is -0.383 e. The second-order valence-corrected chi connectivity index (χ2v) is 5.79. The molecule has 2 rings (SSSR count). The lowest BCUT2D eigenvalue weighted by Crippen LogP contribution is -2.58. The molecule has 0 aliphatic heterocycles. The van der Waals surface area contributed by atoms with E-state index in [0.717, 1.165) is 19.3 Å². The third-order valence-electron chi connectivity index (χ3n) is 4.98. The first-order valence-corrected chi connectivity index (χ1v) is 5.26. The van der Waals surface area contributed by atoms with Crippen LogP contribution in [0.25, 0.3) is 0 Å². The Morgan fingerprint density at radius 3 is 2.14 bits per heavy atom. The first-order chi connectivity index (χ1) is 6.26. The van der Waals surface area contributed by atoms with Gasteiger partial charge in [0.15, 0.2) is 0 Å². The number of hydrogen-bond donors (Lipinski definition) is 1. The third-order valence-corrected chi connectivity index (χ3v) is 4.98. The van der Waals surface area contributed by atoms with E-state index in [0.29, 0.717) is 0 Å². The van der Waals surface area contributed by atoms with Crippen molar-refractivity contribution in [2.75, 3.05) is 0 Å². The van der Waals surface area contributed by atoms with Gasteiger partial charge in [0.2, 0.25) is 0 Å². The molecule has 3 atom stereocenters. The average molecular weight is 204 g/mol. The van der Waals surface area contributed by atoms with E-state index in [2.05, 4.69) is 0 Å². The van der Waals surface area contributed by atoms with E-state index in [4.69, 9.17) is 0 Å². The molecule has 14 heavy (non-hydrogen) atoms. The zero-order chi connectivity index (χ0) is 10.8. The average Bonchev–Trinajstić information content (AvgIpc) is 2.51. The van der Waals surface area contributed by atoms with Gasteiger partial charge in [0, 0.05) is 10.8 Å². The van der Waals surface area contributed by atoms with Crippen molar-refractivity contribution < 1.29 is 13.9 Å². The lowest BCUT2D eigenvalue weighted by molar-refractivity contribution is -0.219. The van der Waals surface area contributed by atoms with Crippen LogP contribution in [-0.4, -0.2) is 17.1 Å². The first kappa shape index (κ1) is 10.3. The molecule has 3 heteroatoms. The molecule has 2 bridgehead atoms. The summed E-state index contributed by atoms with van der Waals surface area (Å²) in [4.78, 5) is 0. The van der Waals surface area contributed by atoms with Crippen LogP contribution in [0.15, 0.2) is 0 Å². The molecule has 2 aliphatic carbocycles. The van der Waals surface area contributed by atoms with Crippen molar-refractivity contribution in [3.63, 3.8) is 0 Å². The summed E-state index contributed by atoms with van der Waals surface area (Å²) in [6.45, 7) is 5.39. The Bertz CT molecular complexity index is 257. The summed E-state index contributed by atoms with van der Waals surface area (Å²) in [7, 11) is 0. The summed E-state index contributed by atoms with van der Waals surface area (Å²) in [5, 5.41) is 10.3. The van der Waals surface area contributed by atoms with E-state index in [1.54, 1.807) is 13.8 Å². The van der Waals surface area contributed by atoms with Gasteiger partial charge in [0.25, 0.3) is 6.43 Å². The van der Waals surface area contributed by atoms with Crippen molar-refractivity contribution >= 4 is 0 Å². The van der Waals surface area contributed by atoms with E-state index in [-0.39, 0.29) is 5.92 Å². The Morgan fingerprint density at radius 1 is 1.29 bits per heavy atom. The second kappa shape index (κ2) is 2.49. The molecular weight excluding hydrogens is 186 g/mol. The number of aliphatic hydroxyl groups is 1. The van der Waals surface area contributed by atoms with Crippen molar-refractivity contribution in [1.82, 2.24) is 0 Å². The van der Waals surface area contributed by atoms with Gasteiger partial charge in [-0.15, -0.1) is 0 Å². The van der Waals surface area contributed by atoms with Crippen molar-refractivity contribution in [3.05, 3.63) is 0 Å². The predicted octanol–water partition coefficient (Wildman–Crippen LogP) is 2.83.